The van der Waals surface area contributed by atoms with E-state index < -0.39 is 5.91 Å². The van der Waals surface area contributed by atoms with Gasteiger partial charge in [-0.15, -0.1) is 0 Å². The molecule has 4 rings (SSSR count). The van der Waals surface area contributed by atoms with Crippen molar-refractivity contribution in [2.45, 2.75) is 51.5 Å². The van der Waals surface area contributed by atoms with Crippen molar-refractivity contribution in [3.63, 3.8) is 0 Å². The van der Waals surface area contributed by atoms with Crippen molar-refractivity contribution in [2.24, 2.45) is 5.73 Å². The van der Waals surface area contributed by atoms with Gasteiger partial charge in [-0.05, 0) is 69.1 Å². The molecule has 6 heteroatoms. The molecule has 28 heavy (non-hydrogen) atoms. The second kappa shape index (κ2) is 7.59. The molecule has 1 fully saturated rings. The van der Waals surface area contributed by atoms with Crippen molar-refractivity contribution in [1.82, 2.24) is 10.3 Å². The average Bonchev–Trinajstić information content (AvgIpc) is 3.07. The molecule has 1 aliphatic heterocycles. The summed E-state index contributed by atoms with van der Waals surface area (Å²) in [7, 11) is 0. The van der Waals surface area contributed by atoms with Gasteiger partial charge in [0.05, 0.1) is 11.1 Å². The third kappa shape index (κ3) is 3.33. The van der Waals surface area contributed by atoms with E-state index in [2.05, 4.69) is 27.0 Å². The Hall–Kier alpha value is -2.94. The summed E-state index contributed by atoms with van der Waals surface area (Å²) < 4.78 is 0. The highest BCUT2D eigenvalue weighted by Crippen LogP contribution is 2.38. The van der Waals surface area contributed by atoms with Crippen LogP contribution in [0.3, 0.4) is 0 Å². The summed E-state index contributed by atoms with van der Waals surface area (Å²) in [6.07, 6.45) is 6.30. The number of aromatic nitrogens is 1. The van der Waals surface area contributed by atoms with Gasteiger partial charge in [-0.25, -0.2) is 0 Å². The van der Waals surface area contributed by atoms with Gasteiger partial charge in [0.15, 0.2) is 0 Å². The van der Waals surface area contributed by atoms with E-state index in [4.69, 9.17) is 5.73 Å². The van der Waals surface area contributed by atoms with Gasteiger partial charge in [0, 0.05) is 35.9 Å². The molecule has 2 amide bonds. The first kappa shape index (κ1) is 18.4. The molecule has 6 nitrogen and oxygen atoms in total. The molecule has 1 atom stereocenters. The van der Waals surface area contributed by atoms with Gasteiger partial charge in [0.2, 0.25) is 0 Å². The SMILES string of the molecule is CC#CC(=O)N[C@H]1CCCN(c2ccc(C(N)=O)c3[nH]c4c(c23)CCCC4)C1. The van der Waals surface area contributed by atoms with Gasteiger partial charge in [-0.2, -0.15) is 0 Å². The zero-order valence-electron chi connectivity index (χ0n) is 16.2. The first-order chi connectivity index (χ1) is 13.6. The van der Waals surface area contributed by atoms with Crippen LogP contribution in [0.1, 0.15) is 54.2 Å². The number of anilines is 1. The van der Waals surface area contributed by atoms with Crippen LogP contribution in [0.25, 0.3) is 10.9 Å². The van der Waals surface area contributed by atoms with Gasteiger partial charge in [-0.1, -0.05) is 5.92 Å². The number of primary amides is 1. The van der Waals surface area contributed by atoms with Crippen LogP contribution >= 0.6 is 0 Å². The fourth-order valence-corrected chi connectivity index (χ4v) is 4.61. The Morgan fingerprint density at radius 3 is 2.86 bits per heavy atom. The molecule has 2 aromatic rings. The number of benzene rings is 1. The Bertz CT molecular complexity index is 995. The van der Waals surface area contributed by atoms with Crippen LogP contribution in [0.5, 0.6) is 0 Å². The van der Waals surface area contributed by atoms with Gasteiger partial charge < -0.3 is 20.9 Å². The number of nitrogens with one attached hydrogen (secondary N) is 2. The minimum Gasteiger partial charge on any atom is -0.369 e. The van der Waals surface area contributed by atoms with Gasteiger partial charge in [-0.3, -0.25) is 9.59 Å². The maximum Gasteiger partial charge on any atom is 0.296 e. The number of aryl methyl sites for hydroxylation is 2. The van der Waals surface area contributed by atoms with E-state index in [9.17, 15) is 9.59 Å². The summed E-state index contributed by atoms with van der Waals surface area (Å²) in [5.41, 5.74) is 10.7. The molecule has 0 saturated carbocycles. The van der Waals surface area contributed by atoms with Crippen LogP contribution in [-0.4, -0.2) is 35.9 Å². The lowest BCUT2D eigenvalue weighted by Crippen LogP contribution is -2.47. The molecule has 1 aliphatic carbocycles. The molecule has 1 aromatic heterocycles. The van der Waals surface area contributed by atoms with Crippen LogP contribution in [-0.2, 0) is 17.6 Å². The molecule has 146 valence electrons. The van der Waals surface area contributed by atoms with Crippen LogP contribution in [0.15, 0.2) is 12.1 Å². The smallest absolute Gasteiger partial charge is 0.296 e. The number of nitrogens with two attached hydrogens (primary N) is 1. The molecule has 0 bridgehead atoms. The van der Waals surface area contributed by atoms with Crippen molar-refractivity contribution in [1.29, 1.82) is 0 Å². The van der Waals surface area contributed by atoms with E-state index in [0.29, 0.717) is 5.56 Å². The van der Waals surface area contributed by atoms with Crippen molar-refractivity contribution < 1.29 is 9.59 Å². The monoisotopic (exact) mass is 378 g/mol. The molecule has 2 aliphatic rings. The zero-order chi connectivity index (χ0) is 19.7. The van der Waals surface area contributed by atoms with Gasteiger partial charge >= 0.3 is 0 Å². The Kier molecular flexibility index (Phi) is 4.99. The largest absolute Gasteiger partial charge is 0.369 e. The first-order valence-corrected chi connectivity index (χ1v) is 10.0. The number of amides is 2. The van der Waals surface area contributed by atoms with E-state index in [0.717, 1.165) is 68.2 Å². The van der Waals surface area contributed by atoms with E-state index >= 15 is 0 Å². The van der Waals surface area contributed by atoms with Gasteiger partial charge in [0.1, 0.15) is 0 Å². The Balaban J connectivity index is 1.72. The number of carbonyl (C=O) groups is 2. The number of nitrogens with zero attached hydrogens (tertiary/aromatic N) is 1. The number of H-pyrrole nitrogens is 1. The van der Waals surface area contributed by atoms with Crippen LogP contribution < -0.4 is 16.0 Å². The fraction of sp³-hybridized carbons (Fsp3) is 0.455. The number of carbonyl (C=O) groups excluding carboxylic acids is 2. The molecular weight excluding hydrogens is 352 g/mol. The normalized spacial score (nSPS) is 18.9. The van der Waals surface area contributed by atoms with Crippen LogP contribution in [0.4, 0.5) is 5.69 Å². The molecule has 0 spiro atoms. The van der Waals surface area contributed by atoms with Crippen molar-refractivity contribution >= 4 is 28.4 Å². The number of hydrogen-bond donors (Lipinski definition) is 3. The minimum atomic E-state index is -0.405. The standard InChI is InChI=1S/C22H26N4O2/c1-2-6-19(27)24-14-7-5-12-26(13-14)18-11-10-16(22(23)28)21-20(18)15-8-3-4-9-17(15)25-21/h10-11,14,25H,3-5,7-9,12-13H2,1H3,(H2,23,28)(H,24,27)/t14-/m0/s1. The molecule has 1 saturated heterocycles. The molecule has 4 N–H and O–H groups in total. The topological polar surface area (TPSA) is 91.2 Å². The lowest BCUT2D eigenvalue weighted by molar-refractivity contribution is -0.116. The highest BCUT2D eigenvalue weighted by Gasteiger charge is 2.27. The number of rotatable bonds is 3. The Labute approximate surface area is 164 Å². The van der Waals surface area contributed by atoms with E-state index in [-0.39, 0.29) is 11.9 Å². The van der Waals surface area contributed by atoms with Crippen molar-refractivity contribution in [3.8, 4) is 11.8 Å². The highest BCUT2D eigenvalue weighted by molar-refractivity contribution is 6.10. The summed E-state index contributed by atoms with van der Waals surface area (Å²) in [6.45, 7) is 3.33. The molecular formula is C22H26N4O2. The van der Waals surface area contributed by atoms with Gasteiger partial charge in [0.25, 0.3) is 11.8 Å². The maximum absolute atomic E-state index is 12.0. The quantitative estimate of drug-likeness (QED) is 0.716. The summed E-state index contributed by atoms with van der Waals surface area (Å²) in [5.74, 6) is 4.58. The molecule has 0 unspecified atom stereocenters. The molecule has 1 aromatic carbocycles. The minimum absolute atomic E-state index is 0.0720. The van der Waals surface area contributed by atoms with E-state index in [1.807, 2.05) is 12.1 Å². The van der Waals surface area contributed by atoms with Crippen molar-refractivity contribution in [3.05, 3.63) is 29.0 Å². The number of aromatic amines is 1. The average molecular weight is 378 g/mol. The molecule has 0 radical (unpaired) electrons. The number of fused-ring (bicyclic) bond motifs is 3. The number of piperidine rings is 1. The third-order valence-electron chi connectivity index (χ3n) is 5.83. The second-order valence-corrected chi connectivity index (χ2v) is 7.67. The van der Waals surface area contributed by atoms with Crippen LogP contribution in [0, 0.1) is 11.8 Å². The van der Waals surface area contributed by atoms with E-state index in [1.54, 1.807) is 6.92 Å². The Morgan fingerprint density at radius 1 is 1.25 bits per heavy atom. The summed E-state index contributed by atoms with van der Waals surface area (Å²) in [5, 5.41) is 4.15. The maximum atomic E-state index is 12.0. The lowest BCUT2D eigenvalue weighted by Gasteiger charge is -2.35. The third-order valence-corrected chi connectivity index (χ3v) is 5.83. The summed E-state index contributed by atoms with van der Waals surface area (Å²) in [4.78, 5) is 29.7. The lowest BCUT2D eigenvalue weighted by atomic mass is 9.93. The van der Waals surface area contributed by atoms with Crippen molar-refractivity contribution in [2.75, 3.05) is 18.0 Å². The molecule has 2 heterocycles. The van der Waals surface area contributed by atoms with Crippen LogP contribution in [0.2, 0.25) is 0 Å². The zero-order valence-corrected chi connectivity index (χ0v) is 16.2. The summed E-state index contributed by atoms with van der Waals surface area (Å²) >= 11 is 0. The highest BCUT2D eigenvalue weighted by atomic mass is 16.1. The predicted octanol–water partition coefficient (Wildman–Crippen LogP) is 2.25. The first-order valence-electron chi connectivity index (χ1n) is 10.0. The second-order valence-electron chi connectivity index (χ2n) is 7.67. The Morgan fingerprint density at radius 2 is 2.07 bits per heavy atom. The summed E-state index contributed by atoms with van der Waals surface area (Å²) in [6, 6.07) is 3.91. The predicted molar refractivity (Wildman–Crippen MR) is 110 cm³/mol. The number of hydrogen-bond acceptors (Lipinski definition) is 3. The fourth-order valence-electron chi connectivity index (χ4n) is 4.61. The van der Waals surface area contributed by atoms with E-state index in [1.165, 1.54) is 11.3 Å².